The number of amides is 1. The Hall–Kier alpha value is -2.90. The molecular weight excluding hydrogens is 410 g/mol. The van der Waals surface area contributed by atoms with E-state index in [9.17, 15) is 9.59 Å². The zero-order valence-electron chi connectivity index (χ0n) is 17.9. The summed E-state index contributed by atoms with van der Waals surface area (Å²) in [5.74, 6) is 0.132. The third-order valence-corrected chi connectivity index (χ3v) is 6.54. The predicted molar refractivity (Wildman–Crippen MR) is 123 cm³/mol. The Labute approximate surface area is 186 Å². The number of nitrogens with one attached hydrogen (secondary N) is 1. The average Bonchev–Trinajstić information content (AvgIpc) is 3.21. The van der Waals surface area contributed by atoms with Gasteiger partial charge >= 0.3 is 0 Å². The quantitative estimate of drug-likeness (QED) is 0.643. The number of ether oxygens (including phenoxy) is 1. The molecule has 0 spiro atoms. The number of rotatable bonds is 6. The lowest BCUT2D eigenvalue weighted by Gasteiger charge is -2.19. The van der Waals surface area contributed by atoms with Crippen LogP contribution in [-0.2, 0) is 26.1 Å². The van der Waals surface area contributed by atoms with Crippen molar-refractivity contribution in [2.45, 2.75) is 33.0 Å². The Morgan fingerprint density at radius 1 is 1.16 bits per heavy atom. The molecule has 0 saturated carbocycles. The molecule has 0 radical (unpaired) electrons. The SMILES string of the molecule is COc1cc(=O)n2c(c1C(=O)NCc1cccs1)CCN(Cc1ccc(C)cc1)CC2. The van der Waals surface area contributed by atoms with E-state index in [1.165, 1.54) is 24.3 Å². The minimum absolute atomic E-state index is 0.126. The molecule has 1 N–H and O–H groups in total. The van der Waals surface area contributed by atoms with Crippen LogP contribution in [-0.4, -0.2) is 35.6 Å². The molecule has 7 heteroatoms. The van der Waals surface area contributed by atoms with Crippen LogP contribution in [0.3, 0.4) is 0 Å². The first kappa shape index (κ1) is 21.3. The van der Waals surface area contributed by atoms with Crippen LogP contribution in [0.4, 0.5) is 0 Å². The van der Waals surface area contributed by atoms with Gasteiger partial charge in [0.2, 0.25) is 0 Å². The first-order valence-corrected chi connectivity index (χ1v) is 11.3. The smallest absolute Gasteiger partial charge is 0.257 e. The number of pyridine rings is 1. The molecule has 2 aromatic heterocycles. The summed E-state index contributed by atoms with van der Waals surface area (Å²) in [5, 5.41) is 4.97. The van der Waals surface area contributed by atoms with Gasteiger partial charge in [-0.2, -0.15) is 0 Å². The monoisotopic (exact) mass is 437 g/mol. The summed E-state index contributed by atoms with van der Waals surface area (Å²) >= 11 is 1.60. The average molecular weight is 438 g/mol. The number of aromatic nitrogens is 1. The van der Waals surface area contributed by atoms with Crippen LogP contribution >= 0.6 is 11.3 Å². The van der Waals surface area contributed by atoms with Gasteiger partial charge in [-0.25, -0.2) is 0 Å². The van der Waals surface area contributed by atoms with Crippen molar-refractivity contribution in [2.75, 3.05) is 20.2 Å². The maximum absolute atomic E-state index is 13.1. The van der Waals surface area contributed by atoms with Gasteiger partial charge in [0.25, 0.3) is 11.5 Å². The maximum Gasteiger partial charge on any atom is 0.257 e. The highest BCUT2D eigenvalue weighted by atomic mass is 32.1. The summed E-state index contributed by atoms with van der Waals surface area (Å²) in [5.41, 5.74) is 3.58. The van der Waals surface area contributed by atoms with Gasteiger partial charge in [-0.05, 0) is 23.9 Å². The lowest BCUT2D eigenvalue weighted by molar-refractivity contribution is 0.0946. The number of hydrogen-bond acceptors (Lipinski definition) is 5. The largest absolute Gasteiger partial charge is 0.496 e. The molecule has 6 nitrogen and oxygen atoms in total. The standard InChI is InChI=1S/C24H27N3O3S/c1-17-5-7-18(8-6-17)16-26-10-9-20-23(24(29)25-15-19-4-3-13-31-19)21(30-2)14-22(28)27(20)12-11-26/h3-8,13-14H,9-12,15-16H2,1-2H3,(H,25,29). The molecule has 0 fully saturated rings. The number of thiophene rings is 1. The highest BCUT2D eigenvalue weighted by molar-refractivity contribution is 7.09. The number of carbonyl (C=O) groups excluding carboxylic acids is 1. The molecule has 1 aliphatic rings. The number of methoxy groups -OCH3 is 1. The Kier molecular flexibility index (Phi) is 6.53. The van der Waals surface area contributed by atoms with Crippen LogP contribution in [0, 0.1) is 6.92 Å². The molecule has 162 valence electrons. The van der Waals surface area contributed by atoms with Gasteiger partial charge < -0.3 is 14.6 Å². The molecule has 0 bridgehead atoms. The molecule has 1 amide bonds. The van der Waals surface area contributed by atoms with Crippen LogP contribution in [0.15, 0.2) is 52.6 Å². The topological polar surface area (TPSA) is 63.6 Å². The van der Waals surface area contributed by atoms with E-state index in [0.717, 1.165) is 30.2 Å². The van der Waals surface area contributed by atoms with E-state index in [1.807, 2.05) is 17.5 Å². The minimum Gasteiger partial charge on any atom is -0.496 e. The molecule has 3 aromatic rings. The van der Waals surface area contributed by atoms with E-state index in [0.29, 0.717) is 30.8 Å². The fourth-order valence-corrected chi connectivity index (χ4v) is 4.62. The van der Waals surface area contributed by atoms with Gasteiger partial charge in [0.1, 0.15) is 11.3 Å². The fraction of sp³-hybridized carbons (Fsp3) is 0.333. The Morgan fingerprint density at radius 3 is 2.68 bits per heavy atom. The van der Waals surface area contributed by atoms with Crippen LogP contribution in [0.25, 0.3) is 0 Å². The minimum atomic E-state index is -0.207. The summed E-state index contributed by atoms with van der Waals surface area (Å²) in [6.45, 7) is 5.43. The fourth-order valence-electron chi connectivity index (χ4n) is 3.98. The van der Waals surface area contributed by atoms with Gasteiger partial charge in [0.15, 0.2) is 0 Å². The van der Waals surface area contributed by atoms with Crippen LogP contribution < -0.4 is 15.6 Å². The first-order valence-electron chi connectivity index (χ1n) is 10.4. The number of benzene rings is 1. The Balaban J connectivity index is 1.57. The van der Waals surface area contributed by atoms with E-state index in [2.05, 4.69) is 41.4 Å². The molecule has 0 unspecified atom stereocenters. The van der Waals surface area contributed by atoms with Gasteiger partial charge in [-0.15, -0.1) is 11.3 Å². The lowest BCUT2D eigenvalue weighted by atomic mass is 10.1. The van der Waals surface area contributed by atoms with Gasteiger partial charge in [0.05, 0.1) is 13.7 Å². The maximum atomic E-state index is 13.1. The highest BCUT2D eigenvalue weighted by Crippen LogP contribution is 2.23. The number of aryl methyl sites for hydroxylation is 1. The van der Waals surface area contributed by atoms with Crippen molar-refractivity contribution in [1.29, 1.82) is 0 Å². The third-order valence-electron chi connectivity index (χ3n) is 5.66. The summed E-state index contributed by atoms with van der Waals surface area (Å²) in [4.78, 5) is 29.3. The predicted octanol–water partition coefficient (Wildman–Crippen LogP) is 3.22. The first-order chi connectivity index (χ1) is 15.0. The van der Waals surface area contributed by atoms with E-state index in [-0.39, 0.29) is 11.5 Å². The second-order valence-electron chi connectivity index (χ2n) is 7.80. The molecule has 31 heavy (non-hydrogen) atoms. The van der Waals surface area contributed by atoms with Crippen LogP contribution in [0.1, 0.15) is 32.1 Å². The summed E-state index contributed by atoms with van der Waals surface area (Å²) in [6.07, 6.45) is 0.611. The van der Waals surface area contributed by atoms with Crippen molar-refractivity contribution in [3.63, 3.8) is 0 Å². The van der Waals surface area contributed by atoms with E-state index >= 15 is 0 Å². The van der Waals surface area contributed by atoms with E-state index < -0.39 is 0 Å². The zero-order chi connectivity index (χ0) is 21.8. The van der Waals surface area contributed by atoms with Crippen molar-refractivity contribution in [3.05, 3.63) is 85.5 Å². The molecule has 0 atom stereocenters. The van der Waals surface area contributed by atoms with Crippen molar-refractivity contribution < 1.29 is 9.53 Å². The number of hydrogen-bond donors (Lipinski definition) is 1. The van der Waals surface area contributed by atoms with Crippen LogP contribution in [0.2, 0.25) is 0 Å². The van der Waals surface area contributed by atoms with Crippen molar-refractivity contribution >= 4 is 17.2 Å². The van der Waals surface area contributed by atoms with Crippen LogP contribution in [0.5, 0.6) is 5.75 Å². The summed E-state index contributed by atoms with van der Waals surface area (Å²) < 4.78 is 7.17. The van der Waals surface area contributed by atoms with Gasteiger partial charge in [-0.1, -0.05) is 35.9 Å². The van der Waals surface area contributed by atoms with E-state index in [4.69, 9.17) is 4.74 Å². The molecule has 1 aliphatic heterocycles. The summed E-state index contributed by atoms with van der Waals surface area (Å²) in [6, 6.07) is 13.9. The highest BCUT2D eigenvalue weighted by Gasteiger charge is 2.25. The molecular formula is C24H27N3O3S. The third kappa shape index (κ3) is 4.89. The van der Waals surface area contributed by atoms with Crippen molar-refractivity contribution in [2.24, 2.45) is 0 Å². The van der Waals surface area contributed by atoms with Crippen molar-refractivity contribution in [1.82, 2.24) is 14.8 Å². The molecule has 4 rings (SSSR count). The normalized spacial score (nSPS) is 14.0. The second-order valence-corrected chi connectivity index (χ2v) is 8.83. The van der Waals surface area contributed by atoms with Gasteiger partial charge in [0, 0.05) is 49.2 Å². The zero-order valence-corrected chi connectivity index (χ0v) is 18.7. The number of fused-ring (bicyclic) bond motifs is 1. The molecule has 0 aliphatic carbocycles. The summed E-state index contributed by atoms with van der Waals surface area (Å²) in [7, 11) is 1.50. The number of carbonyl (C=O) groups is 1. The molecule has 3 heterocycles. The Bertz CT molecular complexity index is 1100. The van der Waals surface area contributed by atoms with Gasteiger partial charge in [-0.3, -0.25) is 14.5 Å². The lowest BCUT2D eigenvalue weighted by Crippen LogP contribution is -2.31. The molecule has 1 aromatic carbocycles. The Morgan fingerprint density at radius 2 is 1.97 bits per heavy atom. The molecule has 0 saturated heterocycles. The second kappa shape index (κ2) is 9.49. The van der Waals surface area contributed by atoms with E-state index in [1.54, 1.807) is 15.9 Å². The van der Waals surface area contributed by atoms with Crippen molar-refractivity contribution in [3.8, 4) is 5.75 Å². The number of nitrogens with zero attached hydrogens (tertiary/aromatic N) is 2.